The Labute approximate surface area is 125 Å². The number of aliphatic hydroxyl groups is 1. The lowest BCUT2D eigenvalue weighted by Gasteiger charge is -2.25. The number of rotatable bonds is 6. The van der Waals surface area contributed by atoms with Gasteiger partial charge in [-0.1, -0.05) is 6.07 Å². The minimum Gasteiger partial charge on any atom is -0.392 e. The van der Waals surface area contributed by atoms with E-state index in [1.807, 2.05) is 6.92 Å². The van der Waals surface area contributed by atoms with Crippen molar-refractivity contribution in [2.45, 2.75) is 30.4 Å². The molecule has 1 fully saturated rings. The van der Waals surface area contributed by atoms with Gasteiger partial charge in [0.05, 0.1) is 18.1 Å². The van der Waals surface area contributed by atoms with Crippen molar-refractivity contribution in [1.29, 1.82) is 0 Å². The van der Waals surface area contributed by atoms with Crippen LogP contribution in [0.1, 0.15) is 17.5 Å². The Bertz CT molecular complexity index is 593. The number of nitrogens with one attached hydrogen (secondary N) is 1. The number of hydrogen-bond donors (Lipinski definition) is 2. The van der Waals surface area contributed by atoms with Crippen molar-refractivity contribution in [3.63, 3.8) is 0 Å². The number of benzene rings is 1. The lowest BCUT2D eigenvalue weighted by Crippen LogP contribution is -2.44. The summed E-state index contributed by atoms with van der Waals surface area (Å²) >= 11 is 0. The van der Waals surface area contributed by atoms with Crippen LogP contribution in [-0.4, -0.2) is 46.0 Å². The van der Waals surface area contributed by atoms with Gasteiger partial charge in [-0.2, -0.15) is 0 Å². The number of aryl methyl sites for hydroxylation is 1. The van der Waals surface area contributed by atoms with Gasteiger partial charge in [0, 0.05) is 26.7 Å². The SMILES string of the molecule is COC1(CNS(=O)(=O)c2ccc(C)c(CO)c2)CCOC1. The van der Waals surface area contributed by atoms with E-state index in [-0.39, 0.29) is 18.0 Å². The normalized spacial score (nSPS) is 22.6. The smallest absolute Gasteiger partial charge is 0.240 e. The zero-order chi connectivity index (χ0) is 15.5. The van der Waals surface area contributed by atoms with Gasteiger partial charge in [0.2, 0.25) is 10.0 Å². The largest absolute Gasteiger partial charge is 0.392 e. The average molecular weight is 315 g/mol. The van der Waals surface area contributed by atoms with Crippen LogP contribution >= 0.6 is 0 Å². The van der Waals surface area contributed by atoms with Gasteiger partial charge in [0.15, 0.2) is 0 Å². The van der Waals surface area contributed by atoms with Crippen molar-refractivity contribution in [3.05, 3.63) is 29.3 Å². The number of hydrogen-bond acceptors (Lipinski definition) is 5. The zero-order valence-corrected chi connectivity index (χ0v) is 13.1. The van der Waals surface area contributed by atoms with E-state index >= 15 is 0 Å². The van der Waals surface area contributed by atoms with Gasteiger partial charge in [-0.3, -0.25) is 0 Å². The lowest BCUT2D eigenvalue weighted by molar-refractivity contribution is -0.0120. The van der Waals surface area contributed by atoms with E-state index in [1.54, 1.807) is 13.2 Å². The molecule has 1 unspecified atom stereocenters. The molecule has 1 aromatic rings. The Morgan fingerprint density at radius 1 is 1.48 bits per heavy atom. The van der Waals surface area contributed by atoms with Crippen LogP contribution in [0.3, 0.4) is 0 Å². The Morgan fingerprint density at radius 2 is 2.24 bits per heavy atom. The molecule has 2 N–H and O–H groups in total. The van der Waals surface area contributed by atoms with Gasteiger partial charge in [0.1, 0.15) is 5.60 Å². The summed E-state index contributed by atoms with van der Waals surface area (Å²) in [6, 6.07) is 4.70. The summed E-state index contributed by atoms with van der Waals surface area (Å²) in [7, 11) is -2.09. The third kappa shape index (κ3) is 3.61. The fourth-order valence-corrected chi connectivity index (χ4v) is 3.42. The molecular weight excluding hydrogens is 294 g/mol. The molecule has 0 radical (unpaired) electrons. The summed E-state index contributed by atoms with van der Waals surface area (Å²) in [6.07, 6.45) is 0.655. The molecule has 0 spiro atoms. The molecule has 1 heterocycles. The van der Waals surface area contributed by atoms with Crippen molar-refractivity contribution in [1.82, 2.24) is 4.72 Å². The topological polar surface area (TPSA) is 84.9 Å². The molecule has 0 saturated carbocycles. The predicted octanol–water partition coefficient (Wildman–Crippen LogP) is 0.571. The van der Waals surface area contributed by atoms with Gasteiger partial charge in [-0.25, -0.2) is 13.1 Å². The number of methoxy groups -OCH3 is 1. The number of aliphatic hydroxyl groups excluding tert-OH is 1. The molecule has 6 nitrogen and oxygen atoms in total. The third-order valence-corrected chi connectivity index (χ3v) is 5.28. The van der Waals surface area contributed by atoms with Crippen molar-refractivity contribution >= 4 is 10.0 Å². The van der Waals surface area contributed by atoms with E-state index in [4.69, 9.17) is 9.47 Å². The van der Waals surface area contributed by atoms with E-state index in [0.29, 0.717) is 25.2 Å². The Balaban J connectivity index is 2.15. The molecule has 21 heavy (non-hydrogen) atoms. The molecule has 1 aromatic carbocycles. The molecule has 1 aliphatic rings. The monoisotopic (exact) mass is 315 g/mol. The van der Waals surface area contributed by atoms with Gasteiger partial charge < -0.3 is 14.6 Å². The lowest BCUT2D eigenvalue weighted by atomic mass is 10.0. The van der Waals surface area contributed by atoms with Gasteiger partial charge >= 0.3 is 0 Å². The Morgan fingerprint density at radius 3 is 2.81 bits per heavy atom. The van der Waals surface area contributed by atoms with Crippen LogP contribution in [0.4, 0.5) is 0 Å². The second-order valence-electron chi connectivity index (χ2n) is 5.26. The fraction of sp³-hybridized carbons (Fsp3) is 0.571. The first-order valence-electron chi connectivity index (χ1n) is 6.75. The van der Waals surface area contributed by atoms with E-state index in [9.17, 15) is 13.5 Å². The van der Waals surface area contributed by atoms with Crippen LogP contribution in [0.2, 0.25) is 0 Å². The third-order valence-electron chi connectivity index (χ3n) is 3.89. The maximum atomic E-state index is 12.3. The van der Waals surface area contributed by atoms with Crippen LogP contribution in [0.15, 0.2) is 23.1 Å². The molecule has 7 heteroatoms. The van der Waals surface area contributed by atoms with E-state index in [2.05, 4.69) is 4.72 Å². The highest BCUT2D eigenvalue weighted by Crippen LogP contribution is 2.23. The zero-order valence-electron chi connectivity index (χ0n) is 12.3. The number of sulfonamides is 1. The summed E-state index contributed by atoms with van der Waals surface area (Å²) in [4.78, 5) is 0.141. The maximum absolute atomic E-state index is 12.3. The summed E-state index contributed by atoms with van der Waals surface area (Å²) in [5.41, 5.74) is 0.856. The molecule has 0 aliphatic carbocycles. The molecule has 1 saturated heterocycles. The minimum absolute atomic E-state index is 0.141. The van der Waals surface area contributed by atoms with Crippen LogP contribution in [0, 0.1) is 6.92 Å². The van der Waals surface area contributed by atoms with Crippen LogP contribution in [0.25, 0.3) is 0 Å². The average Bonchev–Trinajstić information content (AvgIpc) is 2.95. The molecular formula is C14H21NO5S. The Hall–Kier alpha value is -0.990. The van der Waals surface area contributed by atoms with E-state index in [1.165, 1.54) is 12.1 Å². The van der Waals surface area contributed by atoms with Crippen LogP contribution < -0.4 is 4.72 Å². The molecule has 0 amide bonds. The molecule has 2 rings (SSSR count). The highest BCUT2D eigenvalue weighted by Gasteiger charge is 2.36. The first-order valence-corrected chi connectivity index (χ1v) is 8.24. The fourth-order valence-electron chi connectivity index (χ4n) is 2.26. The van der Waals surface area contributed by atoms with Crippen LogP contribution in [-0.2, 0) is 26.1 Å². The van der Waals surface area contributed by atoms with Gasteiger partial charge in [0.25, 0.3) is 0 Å². The highest BCUT2D eigenvalue weighted by atomic mass is 32.2. The van der Waals surface area contributed by atoms with Crippen molar-refractivity contribution in [2.24, 2.45) is 0 Å². The maximum Gasteiger partial charge on any atom is 0.240 e. The first kappa shape index (κ1) is 16.4. The van der Waals surface area contributed by atoms with Crippen molar-refractivity contribution < 1.29 is 23.0 Å². The van der Waals surface area contributed by atoms with Crippen molar-refractivity contribution in [3.8, 4) is 0 Å². The summed E-state index contributed by atoms with van der Waals surface area (Å²) < 4.78 is 37.9. The van der Waals surface area contributed by atoms with Crippen molar-refractivity contribution in [2.75, 3.05) is 26.9 Å². The minimum atomic E-state index is -3.64. The molecule has 0 aromatic heterocycles. The first-order chi connectivity index (χ1) is 9.92. The predicted molar refractivity (Wildman–Crippen MR) is 77.5 cm³/mol. The van der Waals surface area contributed by atoms with Gasteiger partial charge in [-0.15, -0.1) is 0 Å². The second-order valence-corrected chi connectivity index (χ2v) is 7.03. The standard InChI is InChI=1S/C14H21NO5S/c1-11-3-4-13(7-12(11)8-16)21(17,18)15-9-14(19-2)5-6-20-10-14/h3-4,7,15-16H,5-6,8-10H2,1-2H3. The summed E-state index contributed by atoms with van der Waals surface area (Å²) in [5, 5.41) is 9.24. The molecule has 118 valence electrons. The highest BCUT2D eigenvalue weighted by molar-refractivity contribution is 7.89. The molecule has 1 aliphatic heterocycles. The quantitative estimate of drug-likeness (QED) is 0.802. The summed E-state index contributed by atoms with van der Waals surface area (Å²) in [6.45, 7) is 2.74. The Kier molecular flexibility index (Phi) is 5.00. The van der Waals surface area contributed by atoms with E-state index in [0.717, 1.165) is 5.56 Å². The summed E-state index contributed by atoms with van der Waals surface area (Å²) in [5.74, 6) is 0. The molecule has 1 atom stereocenters. The second kappa shape index (κ2) is 6.41. The number of ether oxygens (including phenoxy) is 2. The van der Waals surface area contributed by atoms with Gasteiger partial charge in [-0.05, 0) is 30.2 Å². The molecule has 0 bridgehead atoms. The van der Waals surface area contributed by atoms with Crippen LogP contribution in [0.5, 0.6) is 0 Å². The van der Waals surface area contributed by atoms with E-state index < -0.39 is 15.6 Å².